The number of ether oxygens (including phenoxy) is 1. The Labute approximate surface area is 106 Å². The molecule has 18 heavy (non-hydrogen) atoms. The number of methoxy groups -OCH3 is 1. The zero-order valence-corrected chi connectivity index (χ0v) is 10.8. The second-order valence-electron chi connectivity index (χ2n) is 3.83. The average molecular weight is 275 g/mol. The number of primary sulfonamides is 1. The lowest BCUT2D eigenvalue weighted by molar-refractivity contribution is 0.0727. The van der Waals surface area contributed by atoms with E-state index in [9.17, 15) is 13.5 Å². The molecule has 0 aliphatic rings. The molecule has 8 heteroatoms. The van der Waals surface area contributed by atoms with Crippen LogP contribution in [0.3, 0.4) is 0 Å². The van der Waals surface area contributed by atoms with Crippen LogP contribution in [0, 0.1) is 0 Å². The fourth-order valence-electron chi connectivity index (χ4n) is 1.38. The topological polar surface area (TPSA) is 128 Å². The zero-order chi connectivity index (χ0) is 13.8. The maximum absolute atomic E-state index is 11.2. The second kappa shape index (κ2) is 6.01. The van der Waals surface area contributed by atoms with Gasteiger partial charge in [0.05, 0.1) is 17.6 Å². The van der Waals surface area contributed by atoms with Gasteiger partial charge >= 0.3 is 0 Å². The number of nitrogens with one attached hydrogen (secondary N) is 1. The van der Waals surface area contributed by atoms with Crippen molar-refractivity contribution in [1.29, 1.82) is 0 Å². The molecule has 7 nitrogen and oxygen atoms in total. The first-order valence-electron chi connectivity index (χ1n) is 5.17. The summed E-state index contributed by atoms with van der Waals surface area (Å²) in [7, 11) is -2.33. The van der Waals surface area contributed by atoms with Crippen LogP contribution in [0.5, 0.6) is 0 Å². The molecule has 0 amide bonds. The van der Waals surface area contributed by atoms with E-state index < -0.39 is 16.1 Å². The summed E-state index contributed by atoms with van der Waals surface area (Å²) in [4.78, 5) is -0.0776. The molecule has 0 saturated heterocycles. The van der Waals surface area contributed by atoms with Crippen LogP contribution in [-0.4, -0.2) is 39.9 Å². The van der Waals surface area contributed by atoms with Gasteiger partial charge in [-0.3, -0.25) is 0 Å². The van der Waals surface area contributed by atoms with Crippen LogP contribution in [0.4, 0.5) is 11.4 Å². The summed E-state index contributed by atoms with van der Waals surface area (Å²) in [5, 5.41) is 17.3. The van der Waals surface area contributed by atoms with Crippen molar-refractivity contribution in [3.05, 3.63) is 18.2 Å². The molecule has 1 aromatic carbocycles. The molecule has 1 rings (SSSR count). The number of sulfonamides is 1. The van der Waals surface area contributed by atoms with Crippen molar-refractivity contribution in [3.8, 4) is 0 Å². The zero-order valence-electron chi connectivity index (χ0n) is 9.96. The number of benzene rings is 1. The number of rotatable bonds is 6. The number of nitrogen functional groups attached to an aromatic ring is 1. The molecule has 0 fully saturated rings. The van der Waals surface area contributed by atoms with E-state index in [-0.39, 0.29) is 23.7 Å². The van der Waals surface area contributed by atoms with Crippen molar-refractivity contribution in [3.63, 3.8) is 0 Å². The predicted octanol–water partition coefficient (Wildman–Crippen LogP) is -0.665. The monoisotopic (exact) mass is 275 g/mol. The van der Waals surface area contributed by atoms with Gasteiger partial charge in [0, 0.05) is 25.0 Å². The standard InChI is InChI=1S/C10H17N3O4S/c1-17-6-9(14)5-13-8-2-7(11)3-10(4-8)18(12,15)16/h2-4,9,13-14H,5-6,11H2,1H3,(H2,12,15,16). The molecule has 0 spiro atoms. The van der Waals surface area contributed by atoms with Crippen LogP contribution in [0.1, 0.15) is 0 Å². The van der Waals surface area contributed by atoms with Crippen LogP contribution in [0.2, 0.25) is 0 Å². The Hall–Kier alpha value is -1.35. The summed E-state index contributed by atoms with van der Waals surface area (Å²) in [6.07, 6.45) is -0.700. The van der Waals surface area contributed by atoms with Crippen molar-refractivity contribution >= 4 is 21.4 Å². The Morgan fingerprint density at radius 1 is 1.44 bits per heavy atom. The molecule has 6 N–H and O–H groups in total. The summed E-state index contributed by atoms with van der Waals surface area (Å²) >= 11 is 0. The Bertz CT molecular complexity index is 504. The third-order valence-electron chi connectivity index (χ3n) is 2.16. The first-order chi connectivity index (χ1) is 8.32. The summed E-state index contributed by atoms with van der Waals surface area (Å²) in [6.45, 7) is 0.388. The Morgan fingerprint density at radius 2 is 2.11 bits per heavy atom. The summed E-state index contributed by atoms with van der Waals surface area (Å²) < 4.78 is 27.2. The highest BCUT2D eigenvalue weighted by Gasteiger charge is 2.10. The quantitative estimate of drug-likeness (QED) is 0.510. The Morgan fingerprint density at radius 3 is 2.67 bits per heavy atom. The normalized spacial score (nSPS) is 13.3. The third-order valence-corrected chi connectivity index (χ3v) is 3.05. The Kier molecular flexibility index (Phi) is 4.91. The van der Waals surface area contributed by atoms with Gasteiger partial charge in [-0.1, -0.05) is 0 Å². The van der Waals surface area contributed by atoms with Crippen molar-refractivity contribution < 1.29 is 18.3 Å². The lowest BCUT2D eigenvalue weighted by Gasteiger charge is -2.13. The van der Waals surface area contributed by atoms with Gasteiger partial charge in [0.1, 0.15) is 0 Å². The van der Waals surface area contributed by atoms with E-state index in [0.29, 0.717) is 5.69 Å². The number of aliphatic hydroxyl groups excluding tert-OH is 1. The third kappa shape index (κ3) is 4.49. The van der Waals surface area contributed by atoms with Crippen LogP contribution in [0.25, 0.3) is 0 Å². The maximum atomic E-state index is 11.2. The van der Waals surface area contributed by atoms with E-state index in [1.54, 1.807) is 6.07 Å². The molecule has 0 aromatic heterocycles. The first-order valence-corrected chi connectivity index (χ1v) is 6.72. The number of anilines is 2. The smallest absolute Gasteiger partial charge is 0.238 e. The van der Waals surface area contributed by atoms with E-state index in [4.69, 9.17) is 15.6 Å². The van der Waals surface area contributed by atoms with Crippen molar-refractivity contribution in [2.75, 3.05) is 31.3 Å². The average Bonchev–Trinajstić information content (AvgIpc) is 2.25. The minimum absolute atomic E-state index is 0.0776. The van der Waals surface area contributed by atoms with Gasteiger partial charge in [-0.25, -0.2) is 13.6 Å². The van der Waals surface area contributed by atoms with E-state index >= 15 is 0 Å². The molecule has 0 bridgehead atoms. The molecule has 0 saturated carbocycles. The van der Waals surface area contributed by atoms with Gasteiger partial charge in [0.15, 0.2) is 0 Å². The van der Waals surface area contributed by atoms with Gasteiger partial charge in [-0.2, -0.15) is 0 Å². The summed E-state index contributed by atoms with van der Waals surface area (Å²) in [5.41, 5.74) is 6.31. The molecule has 0 aliphatic heterocycles. The minimum atomic E-state index is -3.80. The van der Waals surface area contributed by atoms with E-state index in [2.05, 4.69) is 5.32 Å². The molecule has 0 radical (unpaired) electrons. The fraction of sp³-hybridized carbons (Fsp3) is 0.400. The lowest BCUT2D eigenvalue weighted by Crippen LogP contribution is -2.24. The molecule has 102 valence electrons. The second-order valence-corrected chi connectivity index (χ2v) is 5.39. The molecule has 1 unspecified atom stereocenters. The van der Waals surface area contributed by atoms with E-state index in [1.807, 2.05) is 0 Å². The Balaban J connectivity index is 2.81. The lowest BCUT2D eigenvalue weighted by atomic mass is 10.2. The molecule has 0 heterocycles. The van der Waals surface area contributed by atoms with Gasteiger partial charge in [-0.15, -0.1) is 0 Å². The SMILES string of the molecule is COCC(O)CNc1cc(N)cc(S(N)(=O)=O)c1. The van der Waals surface area contributed by atoms with Crippen molar-refractivity contribution in [2.45, 2.75) is 11.0 Å². The molecular weight excluding hydrogens is 258 g/mol. The molecule has 1 atom stereocenters. The minimum Gasteiger partial charge on any atom is -0.399 e. The van der Waals surface area contributed by atoms with Gasteiger partial charge in [0.25, 0.3) is 0 Å². The highest BCUT2D eigenvalue weighted by molar-refractivity contribution is 7.89. The van der Waals surface area contributed by atoms with E-state index in [1.165, 1.54) is 19.2 Å². The highest BCUT2D eigenvalue weighted by Crippen LogP contribution is 2.19. The first kappa shape index (κ1) is 14.7. The van der Waals surface area contributed by atoms with Gasteiger partial charge in [0.2, 0.25) is 10.0 Å². The van der Waals surface area contributed by atoms with Gasteiger partial charge < -0.3 is 20.9 Å². The van der Waals surface area contributed by atoms with Crippen molar-refractivity contribution in [2.24, 2.45) is 5.14 Å². The van der Waals surface area contributed by atoms with Gasteiger partial charge in [-0.05, 0) is 18.2 Å². The molecular formula is C10H17N3O4S. The van der Waals surface area contributed by atoms with Crippen LogP contribution < -0.4 is 16.2 Å². The summed E-state index contributed by atoms with van der Waals surface area (Å²) in [6, 6.07) is 4.17. The number of hydrogen-bond donors (Lipinski definition) is 4. The highest BCUT2D eigenvalue weighted by atomic mass is 32.2. The summed E-state index contributed by atoms with van der Waals surface area (Å²) in [5.74, 6) is 0. The van der Waals surface area contributed by atoms with E-state index in [0.717, 1.165) is 0 Å². The molecule has 0 aliphatic carbocycles. The fourth-order valence-corrected chi connectivity index (χ4v) is 1.97. The number of aliphatic hydroxyl groups is 1. The maximum Gasteiger partial charge on any atom is 0.238 e. The van der Waals surface area contributed by atoms with Crippen LogP contribution >= 0.6 is 0 Å². The predicted molar refractivity (Wildman–Crippen MR) is 68.6 cm³/mol. The molecule has 1 aromatic rings. The van der Waals surface area contributed by atoms with Crippen LogP contribution in [-0.2, 0) is 14.8 Å². The number of nitrogens with two attached hydrogens (primary N) is 2. The van der Waals surface area contributed by atoms with Crippen LogP contribution in [0.15, 0.2) is 23.1 Å². The van der Waals surface area contributed by atoms with Crippen molar-refractivity contribution in [1.82, 2.24) is 0 Å². The largest absolute Gasteiger partial charge is 0.399 e. The number of hydrogen-bond acceptors (Lipinski definition) is 6.